The van der Waals surface area contributed by atoms with Crippen molar-refractivity contribution >= 4 is 28.7 Å². The molecule has 1 heterocycles. The van der Waals surface area contributed by atoms with Crippen molar-refractivity contribution in [1.82, 2.24) is 5.32 Å². The Labute approximate surface area is 150 Å². The van der Waals surface area contributed by atoms with Crippen LogP contribution in [-0.4, -0.2) is 25.2 Å². The lowest BCUT2D eigenvalue weighted by Gasteiger charge is -2.24. The van der Waals surface area contributed by atoms with Crippen molar-refractivity contribution in [3.8, 4) is 0 Å². The predicted molar refractivity (Wildman–Crippen MR) is 97.0 cm³/mol. The molecule has 2 atom stereocenters. The van der Waals surface area contributed by atoms with Gasteiger partial charge in [-0.1, -0.05) is 19.3 Å². The quantitative estimate of drug-likeness (QED) is 0.499. The summed E-state index contributed by atoms with van der Waals surface area (Å²) in [5.74, 6) is -0.600. The van der Waals surface area contributed by atoms with Crippen LogP contribution in [0.1, 0.15) is 32.1 Å². The van der Waals surface area contributed by atoms with Crippen molar-refractivity contribution in [2.75, 3.05) is 12.4 Å². The summed E-state index contributed by atoms with van der Waals surface area (Å²) in [5, 5.41) is 6.39. The summed E-state index contributed by atoms with van der Waals surface area (Å²) in [7, 11) is 1.37. The molecule has 2 N–H and O–H groups in total. The molecule has 1 aliphatic carbocycles. The van der Waals surface area contributed by atoms with Gasteiger partial charge in [0, 0.05) is 23.2 Å². The Morgan fingerprint density at radius 3 is 2.73 bits per heavy atom. The standard InChI is InChI=1S/C19H22N2O5/c1-25-18(23)14-5-3-2-4-6-15(14)21-19(24)20-13-8-9-16-12(11-13)7-10-17(22)26-16/h7-11,14-15H,2-6H2,1H3,(H2,20,21,24). The van der Waals surface area contributed by atoms with Gasteiger partial charge >= 0.3 is 17.6 Å². The Kier molecular flexibility index (Phi) is 5.55. The molecule has 138 valence electrons. The molecule has 7 heteroatoms. The second-order valence-corrected chi connectivity index (χ2v) is 6.48. The molecule has 1 saturated carbocycles. The van der Waals surface area contributed by atoms with E-state index >= 15 is 0 Å². The number of hydrogen-bond donors (Lipinski definition) is 2. The van der Waals surface area contributed by atoms with Crippen LogP contribution in [0.25, 0.3) is 11.0 Å². The van der Waals surface area contributed by atoms with E-state index in [1.54, 1.807) is 24.3 Å². The summed E-state index contributed by atoms with van der Waals surface area (Å²) in [4.78, 5) is 35.6. The Hall–Kier alpha value is -2.83. The monoisotopic (exact) mass is 358 g/mol. The van der Waals surface area contributed by atoms with Gasteiger partial charge in [-0.2, -0.15) is 0 Å². The Morgan fingerprint density at radius 1 is 1.12 bits per heavy atom. The highest BCUT2D eigenvalue weighted by atomic mass is 16.5. The summed E-state index contributed by atoms with van der Waals surface area (Å²) in [5.41, 5.74) is 0.614. The minimum atomic E-state index is -0.418. The van der Waals surface area contributed by atoms with E-state index in [1.165, 1.54) is 13.2 Å². The van der Waals surface area contributed by atoms with Crippen LogP contribution in [0.4, 0.5) is 10.5 Å². The molecule has 2 unspecified atom stereocenters. The summed E-state index contributed by atoms with van der Waals surface area (Å²) >= 11 is 0. The highest BCUT2D eigenvalue weighted by Gasteiger charge is 2.31. The van der Waals surface area contributed by atoms with Crippen LogP contribution >= 0.6 is 0 Å². The second kappa shape index (κ2) is 8.03. The molecule has 26 heavy (non-hydrogen) atoms. The van der Waals surface area contributed by atoms with E-state index in [-0.39, 0.29) is 24.0 Å². The van der Waals surface area contributed by atoms with Crippen LogP contribution in [0.5, 0.6) is 0 Å². The van der Waals surface area contributed by atoms with E-state index in [1.807, 2.05) is 0 Å². The average Bonchev–Trinajstić information content (AvgIpc) is 2.86. The van der Waals surface area contributed by atoms with Gasteiger partial charge in [0.25, 0.3) is 0 Å². The average molecular weight is 358 g/mol. The predicted octanol–water partition coefficient (Wildman–Crippen LogP) is 3.04. The molecule has 2 aromatic rings. The Bertz CT molecular complexity index is 860. The van der Waals surface area contributed by atoms with E-state index in [2.05, 4.69) is 10.6 Å². The van der Waals surface area contributed by atoms with E-state index in [4.69, 9.17) is 9.15 Å². The van der Waals surface area contributed by atoms with Gasteiger partial charge in [-0.25, -0.2) is 9.59 Å². The fourth-order valence-electron chi connectivity index (χ4n) is 3.40. The van der Waals surface area contributed by atoms with Gasteiger partial charge in [-0.3, -0.25) is 4.79 Å². The number of hydrogen-bond acceptors (Lipinski definition) is 5. The number of fused-ring (bicyclic) bond motifs is 1. The summed E-state index contributed by atoms with van der Waals surface area (Å²) in [6, 6.07) is 7.38. The van der Waals surface area contributed by atoms with Crippen LogP contribution in [0.2, 0.25) is 0 Å². The van der Waals surface area contributed by atoms with Crippen molar-refractivity contribution in [2.45, 2.75) is 38.1 Å². The molecule has 7 nitrogen and oxygen atoms in total. The van der Waals surface area contributed by atoms with Gasteiger partial charge in [0.15, 0.2) is 0 Å². The molecular formula is C19H22N2O5. The first-order valence-corrected chi connectivity index (χ1v) is 8.76. The smallest absolute Gasteiger partial charge is 0.336 e. The van der Waals surface area contributed by atoms with Gasteiger partial charge in [0.05, 0.1) is 13.0 Å². The Balaban J connectivity index is 1.69. The van der Waals surface area contributed by atoms with Crippen molar-refractivity contribution in [3.05, 3.63) is 40.8 Å². The normalized spacial score (nSPS) is 20.2. The number of esters is 1. The fourth-order valence-corrected chi connectivity index (χ4v) is 3.40. The van der Waals surface area contributed by atoms with Crippen molar-refractivity contribution < 1.29 is 18.7 Å². The molecule has 1 aliphatic rings. The van der Waals surface area contributed by atoms with Gasteiger partial charge in [-0.05, 0) is 37.1 Å². The third kappa shape index (κ3) is 4.22. The van der Waals surface area contributed by atoms with Crippen LogP contribution in [0.3, 0.4) is 0 Å². The number of amides is 2. The molecule has 1 fully saturated rings. The van der Waals surface area contributed by atoms with Crippen molar-refractivity contribution in [2.24, 2.45) is 5.92 Å². The lowest BCUT2D eigenvalue weighted by atomic mass is 9.95. The molecule has 1 aromatic carbocycles. The van der Waals surface area contributed by atoms with Gasteiger partial charge < -0.3 is 19.8 Å². The first-order chi connectivity index (χ1) is 12.6. The molecule has 0 bridgehead atoms. The Morgan fingerprint density at radius 2 is 1.92 bits per heavy atom. The van der Waals surface area contributed by atoms with E-state index in [0.29, 0.717) is 23.1 Å². The van der Waals surface area contributed by atoms with Crippen molar-refractivity contribution in [3.63, 3.8) is 0 Å². The summed E-state index contributed by atoms with van der Waals surface area (Å²) < 4.78 is 9.96. The maximum Gasteiger partial charge on any atom is 0.336 e. The largest absolute Gasteiger partial charge is 0.469 e. The highest BCUT2D eigenvalue weighted by molar-refractivity contribution is 5.92. The second-order valence-electron chi connectivity index (χ2n) is 6.48. The highest BCUT2D eigenvalue weighted by Crippen LogP contribution is 2.25. The number of benzene rings is 1. The number of rotatable bonds is 3. The third-order valence-electron chi connectivity index (χ3n) is 4.71. The molecule has 0 saturated heterocycles. The van der Waals surface area contributed by atoms with Crippen LogP contribution < -0.4 is 16.3 Å². The maximum atomic E-state index is 12.4. The number of anilines is 1. The first-order valence-electron chi connectivity index (χ1n) is 8.76. The third-order valence-corrected chi connectivity index (χ3v) is 4.71. The lowest BCUT2D eigenvalue weighted by Crippen LogP contribution is -2.45. The van der Waals surface area contributed by atoms with Crippen LogP contribution in [0, 0.1) is 5.92 Å². The van der Waals surface area contributed by atoms with E-state index in [0.717, 1.165) is 25.7 Å². The number of urea groups is 1. The topological polar surface area (TPSA) is 97.6 Å². The molecule has 0 spiro atoms. The molecule has 2 amide bonds. The SMILES string of the molecule is COC(=O)C1CCCCCC1NC(=O)Nc1ccc2oc(=O)ccc2c1. The zero-order valence-corrected chi connectivity index (χ0v) is 14.6. The molecule has 0 aliphatic heterocycles. The van der Waals surface area contributed by atoms with Gasteiger partial charge in [-0.15, -0.1) is 0 Å². The lowest BCUT2D eigenvalue weighted by molar-refractivity contribution is -0.146. The molecule has 0 radical (unpaired) electrons. The minimum Gasteiger partial charge on any atom is -0.469 e. The molecule has 1 aromatic heterocycles. The van der Waals surface area contributed by atoms with Gasteiger partial charge in [0.1, 0.15) is 5.58 Å². The number of methoxy groups -OCH3 is 1. The number of carbonyl (C=O) groups is 2. The van der Waals surface area contributed by atoms with Crippen LogP contribution in [0.15, 0.2) is 39.5 Å². The van der Waals surface area contributed by atoms with Gasteiger partial charge in [0.2, 0.25) is 0 Å². The number of ether oxygens (including phenoxy) is 1. The minimum absolute atomic E-state index is 0.247. The van der Waals surface area contributed by atoms with Crippen LogP contribution in [-0.2, 0) is 9.53 Å². The fraction of sp³-hybridized carbons (Fsp3) is 0.421. The summed E-state index contributed by atoms with van der Waals surface area (Å²) in [6.07, 6.45) is 4.43. The molecular weight excluding hydrogens is 336 g/mol. The maximum absolute atomic E-state index is 12.4. The zero-order chi connectivity index (χ0) is 18.5. The first kappa shape index (κ1) is 18.0. The number of nitrogens with one attached hydrogen (secondary N) is 2. The zero-order valence-electron chi connectivity index (χ0n) is 14.6. The summed E-state index contributed by atoms with van der Waals surface area (Å²) in [6.45, 7) is 0. The van der Waals surface area contributed by atoms with E-state index in [9.17, 15) is 14.4 Å². The van der Waals surface area contributed by atoms with Crippen molar-refractivity contribution in [1.29, 1.82) is 0 Å². The number of carbonyl (C=O) groups excluding carboxylic acids is 2. The molecule has 3 rings (SSSR count). The van der Waals surface area contributed by atoms with E-state index < -0.39 is 5.63 Å².